The molecule has 1 amide bonds. The number of hydrogen-bond acceptors (Lipinski definition) is 4. The molecule has 1 aliphatic rings. The van der Waals surface area contributed by atoms with E-state index in [0.717, 1.165) is 21.9 Å². The van der Waals surface area contributed by atoms with Gasteiger partial charge in [0.2, 0.25) is 5.91 Å². The Labute approximate surface area is 167 Å². The van der Waals surface area contributed by atoms with Crippen molar-refractivity contribution in [2.24, 2.45) is 7.05 Å². The molecule has 0 N–H and O–H groups in total. The molecule has 5 nitrogen and oxygen atoms in total. The summed E-state index contributed by atoms with van der Waals surface area (Å²) in [4.78, 5) is 28.2. The number of carbonyl (C=O) groups excluding carboxylic acids is 1. The highest BCUT2D eigenvalue weighted by Gasteiger charge is 2.38. The third kappa shape index (κ3) is 3.14. The lowest BCUT2D eigenvalue weighted by atomic mass is 9.89. The lowest BCUT2D eigenvalue weighted by Crippen LogP contribution is -2.34. The Morgan fingerprint density at radius 3 is 2.43 bits per heavy atom. The van der Waals surface area contributed by atoms with Gasteiger partial charge in [0.25, 0.3) is 0 Å². The molecular formula is C22H22N2O3S. The molecule has 6 heteroatoms. The summed E-state index contributed by atoms with van der Waals surface area (Å²) in [7, 11) is 1.72. The van der Waals surface area contributed by atoms with E-state index in [4.69, 9.17) is 4.74 Å². The van der Waals surface area contributed by atoms with E-state index < -0.39 is 0 Å². The van der Waals surface area contributed by atoms with E-state index in [1.54, 1.807) is 16.5 Å². The fourth-order valence-corrected chi connectivity index (χ4v) is 4.73. The predicted octanol–water partition coefficient (Wildman–Crippen LogP) is 4.43. The van der Waals surface area contributed by atoms with E-state index >= 15 is 0 Å². The maximum atomic E-state index is 13.2. The first kappa shape index (κ1) is 18.5. The van der Waals surface area contributed by atoms with Gasteiger partial charge in [0.05, 0.1) is 16.7 Å². The van der Waals surface area contributed by atoms with Crippen molar-refractivity contribution in [1.82, 2.24) is 4.57 Å². The summed E-state index contributed by atoms with van der Waals surface area (Å²) in [5, 5.41) is 0. The monoisotopic (exact) mass is 394 g/mol. The molecule has 2 aromatic carbocycles. The maximum Gasteiger partial charge on any atom is 0.308 e. The number of ether oxygens (including phenoxy) is 1. The van der Waals surface area contributed by atoms with Gasteiger partial charge in [-0.05, 0) is 32.0 Å². The summed E-state index contributed by atoms with van der Waals surface area (Å²) in [6.07, 6.45) is 0.315. The predicted molar refractivity (Wildman–Crippen MR) is 112 cm³/mol. The van der Waals surface area contributed by atoms with Gasteiger partial charge in [-0.2, -0.15) is 0 Å². The minimum absolute atomic E-state index is 0.0234. The average molecular weight is 394 g/mol. The van der Waals surface area contributed by atoms with Gasteiger partial charge in [0.1, 0.15) is 11.6 Å². The number of hydrogen-bond donors (Lipinski definition) is 0. The van der Waals surface area contributed by atoms with Crippen LogP contribution in [0.15, 0.2) is 59.4 Å². The third-order valence-electron chi connectivity index (χ3n) is 4.84. The normalized spacial score (nSPS) is 16.4. The smallest absolute Gasteiger partial charge is 0.308 e. The second kappa shape index (κ2) is 7.28. The molecule has 1 atom stereocenters. The number of para-hydroxylation sites is 2. The molecule has 0 aliphatic carbocycles. The topological polar surface area (TPSA) is 51.5 Å². The quantitative estimate of drug-likeness (QED) is 0.658. The van der Waals surface area contributed by atoms with E-state index in [1.807, 2.05) is 68.4 Å². The third-order valence-corrected chi connectivity index (χ3v) is 5.97. The van der Waals surface area contributed by atoms with Crippen molar-refractivity contribution in [2.45, 2.75) is 32.3 Å². The van der Waals surface area contributed by atoms with E-state index in [2.05, 4.69) is 0 Å². The minimum Gasteiger partial charge on any atom is -0.491 e. The molecule has 144 valence electrons. The number of rotatable bonds is 4. The average Bonchev–Trinajstić information content (AvgIpc) is 2.97. The lowest BCUT2D eigenvalue weighted by molar-refractivity contribution is -0.118. The van der Waals surface area contributed by atoms with Crippen LogP contribution in [0.4, 0.5) is 11.5 Å². The highest BCUT2D eigenvalue weighted by molar-refractivity contribution is 7.10. The SMILES string of the molecule is CC(C)Oc1ccccc1[C@H]1CC(=O)N(c2ccccc2)c2c1sc(=O)n2C. The first-order chi connectivity index (χ1) is 13.5. The van der Waals surface area contributed by atoms with Crippen LogP contribution >= 0.6 is 11.3 Å². The van der Waals surface area contributed by atoms with Crippen LogP contribution < -0.4 is 14.5 Å². The fraction of sp³-hybridized carbons (Fsp3) is 0.273. The van der Waals surface area contributed by atoms with Crippen LogP contribution in [0.3, 0.4) is 0 Å². The van der Waals surface area contributed by atoms with Crippen LogP contribution in [0.25, 0.3) is 0 Å². The van der Waals surface area contributed by atoms with Gasteiger partial charge >= 0.3 is 4.87 Å². The van der Waals surface area contributed by atoms with Crippen molar-refractivity contribution >= 4 is 28.7 Å². The van der Waals surface area contributed by atoms with Gasteiger partial charge in [-0.1, -0.05) is 47.7 Å². The van der Waals surface area contributed by atoms with Gasteiger partial charge < -0.3 is 4.74 Å². The Hall–Kier alpha value is -2.86. The van der Waals surface area contributed by atoms with Crippen LogP contribution in [0.5, 0.6) is 5.75 Å². The van der Waals surface area contributed by atoms with Crippen LogP contribution in [0, 0.1) is 0 Å². The van der Waals surface area contributed by atoms with Crippen molar-refractivity contribution in [3.63, 3.8) is 0 Å². The molecule has 1 aromatic heterocycles. The highest BCUT2D eigenvalue weighted by atomic mass is 32.1. The Morgan fingerprint density at radius 1 is 1.04 bits per heavy atom. The van der Waals surface area contributed by atoms with Gasteiger partial charge in [-0.25, -0.2) is 0 Å². The van der Waals surface area contributed by atoms with Gasteiger partial charge in [-0.15, -0.1) is 0 Å². The zero-order chi connectivity index (χ0) is 19.8. The summed E-state index contributed by atoms with van der Waals surface area (Å²) in [6.45, 7) is 3.96. The maximum absolute atomic E-state index is 13.2. The summed E-state index contributed by atoms with van der Waals surface area (Å²) >= 11 is 1.21. The van der Waals surface area contributed by atoms with Crippen molar-refractivity contribution < 1.29 is 9.53 Å². The lowest BCUT2D eigenvalue weighted by Gasteiger charge is -2.32. The number of carbonyl (C=O) groups is 1. The van der Waals surface area contributed by atoms with Crippen molar-refractivity contribution in [1.29, 1.82) is 0 Å². The molecule has 4 rings (SSSR count). The largest absolute Gasteiger partial charge is 0.491 e. The van der Waals surface area contributed by atoms with Crippen molar-refractivity contribution in [3.05, 3.63) is 74.7 Å². The molecule has 0 saturated carbocycles. The van der Waals surface area contributed by atoms with Gasteiger partial charge in [0.15, 0.2) is 0 Å². The van der Waals surface area contributed by atoms with E-state index in [-0.39, 0.29) is 22.8 Å². The van der Waals surface area contributed by atoms with Crippen molar-refractivity contribution in [3.8, 4) is 5.75 Å². The van der Waals surface area contributed by atoms with E-state index in [9.17, 15) is 9.59 Å². The van der Waals surface area contributed by atoms with Gasteiger partial charge in [-0.3, -0.25) is 19.1 Å². The second-order valence-corrected chi connectivity index (χ2v) is 8.13. The first-order valence-corrected chi connectivity index (χ1v) is 10.1. The number of amides is 1. The molecule has 0 unspecified atom stereocenters. The summed E-state index contributed by atoms with van der Waals surface area (Å²) in [5.41, 5.74) is 1.72. The zero-order valence-corrected chi connectivity index (χ0v) is 16.9. The number of fused-ring (bicyclic) bond motifs is 1. The number of aromatic nitrogens is 1. The minimum atomic E-state index is -0.198. The summed E-state index contributed by atoms with van der Waals surface area (Å²) < 4.78 is 7.56. The summed E-state index contributed by atoms with van der Waals surface area (Å²) in [5.74, 6) is 1.19. The van der Waals surface area contributed by atoms with Gasteiger partial charge in [0, 0.05) is 24.9 Å². The molecular weight excluding hydrogens is 372 g/mol. The molecule has 2 heterocycles. The highest BCUT2D eigenvalue weighted by Crippen LogP contribution is 2.46. The van der Waals surface area contributed by atoms with E-state index in [0.29, 0.717) is 12.2 Å². The molecule has 3 aromatic rings. The van der Waals surface area contributed by atoms with Crippen LogP contribution in [0.2, 0.25) is 0 Å². The molecule has 0 bridgehead atoms. The molecule has 0 spiro atoms. The van der Waals surface area contributed by atoms with Crippen molar-refractivity contribution in [2.75, 3.05) is 4.90 Å². The Kier molecular flexibility index (Phi) is 4.81. The fourth-order valence-electron chi connectivity index (χ4n) is 3.65. The Morgan fingerprint density at radius 2 is 1.71 bits per heavy atom. The number of anilines is 2. The Bertz CT molecular complexity index is 1070. The number of benzene rings is 2. The van der Waals surface area contributed by atoms with Crippen LogP contribution in [0.1, 0.15) is 36.6 Å². The van der Waals surface area contributed by atoms with Crippen LogP contribution in [-0.2, 0) is 11.8 Å². The molecule has 0 fully saturated rings. The Balaban J connectivity index is 1.88. The standard InChI is InChI=1S/C22H22N2O3S/c1-14(2)27-18-12-8-7-11-16(18)17-13-19(25)24(15-9-5-4-6-10-15)21-20(17)28-22(26)23(21)3/h4-12,14,17H,13H2,1-3H3/t17-/m1/s1. The zero-order valence-electron chi connectivity index (χ0n) is 16.1. The molecule has 0 saturated heterocycles. The number of thiazole rings is 1. The first-order valence-electron chi connectivity index (χ1n) is 9.30. The molecule has 28 heavy (non-hydrogen) atoms. The molecule has 0 radical (unpaired) electrons. The van der Waals surface area contributed by atoms with Crippen LogP contribution in [-0.4, -0.2) is 16.6 Å². The number of nitrogens with zero attached hydrogens (tertiary/aromatic N) is 2. The van der Waals surface area contributed by atoms with E-state index in [1.165, 1.54) is 11.3 Å². The second-order valence-electron chi connectivity index (χ2n) is 7.14. The molecule has 1 aliphatic heterocycles. The summed E-state index contributed by atoms with van der Waals surface area (Å²) in [6, 6.07) is 17.3.